The van der Waals surface area contributed by atoms with E-state index in [4.69, 9.17) is 4.52 Å². The van der Waals surface area contributed by atoms with Gasteiger partial charge in [0.25, 0.3) is 5.91 Å². The van der Waals surface area contributed by atoms with Crippen LogP contribution < -0.4 is 10.6 Å². The van der Waals surface area contributed by atoms with Crippen molar-refractivity contribution in [3.8, 4) is 0 Å². The number of nitrogens with one attached hydrogen (secondary N) is 2. The van der Waals surface area contributed by atoms with Gasteiger partial charge in [0.15, 0.2) is 0 Å². The zero-order valence-corrected chi connectivity index (χ0v) is 18.5. The number of carbonyl (C=O) groups excluding carboxylic acids is 2. The quantitative estimate of drug-likeness (QED) is 0.595. The lowest BCUT2D eigenvalue weighted by Gasteiger charge is -2.32. The van der Waals surface area contributed by atoms with E-state index in [1.807, 2.05) is 44.2 Å². The second kappa shape index (κ2) is 11.2. The number of nitrogens with zero attached hydrogens (tertiary/aromatic N) is 2. The van der Waals surface area contributed by atoms with Crippen LogP contribution in [0.25, 0.3) is 0 Å². The van der Waals surface area contributed by atoms with Crippen LogP contribution in [-0.4, -0.2) is 54.1 Å². The molecule has 0 atom stereocenters. The van der Waals surface area contributed by atoms with Crippen molar-refractivity contribution in [3.05, 3.63) is 47.3 Å². The topological polar surface area (TPSA) is 87.5 Å². The van der Waals surface area contributed by atoms with Gasteiger partial charge >= 0.3 is 0 Å². The summed E-state index contributed by atoms with van der Waals surface area (Å²) in [6, 6.07) is 9.67. The van der Waals surface area contributed by atoms with Gasteiger partial charge in [0, 0.05) is 36.6 Å². The molecular weight excluding hydrogens is 400 g/mol. The number of amides is 2. The fourth-order valence-corrected chi connectivity index (χ4v) is 4.36. The van der Waals surface area contributed by atoms with Crippen molar-refractivity contribution in [2.75, 3.05) is 26.2 Å². The molecule has 0 saturated carbocycles. The van der Waals surface area contributed by atoms with Crippen molar-refractivity contribution < 1.29 is 14.1 Å². The van der Waals surface area contributed by atoms with Crippen LogP contribution in [-0.2, 0) is 10.5 Å². The number of hydrogen-bond acceptors (Lipinski definition) is 6. The summed E-state index contributed by atoms with van der Waals surface area (Å²) in [5.74, 6) is 1.45. The molecule has 2 aromatic rings. The Morgan fingerprint density at radius 2 is 2.03 bits per heavy atom. The number of hydrogen-bond donors (Lipinski definition) is 2. The van der Waals surface area contributed by atoms with Gasteiger partial charge in [0.05, 0.1) is 23.6 Å². The molecule has 2 amide bonds. The van der Waals surface area contributed by atoms with Crippen LogP contribution >= 0.6 is 11.8 Å². The maximum atomic E-state index is 12.9. The van der Waals surface area contributed by atoms with Gasteiger partial charge in [0.2, 0.25) is 5.91 Å². The lowest BCUT2D eigenvalue weighted by molar-refractivity contribution is -0.122. The highest BCUT2D eigenvalue weighted by Gasteiger charge is 2.23. The summed E-state index contributed by atoms with van der Waals surface area (Å²) in [5, 5.41) is 9.99. The molecule has 3 rings (SSSR count). The summed E-state index contributed by atoms with van der Waals surface area (Å²) >= 11 is 1.57. The summed E-state index contributed by atoms with van der Waals surface area (Å²) < 4.78 is 5.26. The van der Waals surface area contributed by atoms with E-state index in [2.05, 4.69) is 20.7 Å². The van der Waals surface area contributed by atoms with Crippen molar-refractivity contribution in [2.24, 2.45) is 0 Å². The van der Waals surface area contributed by atoms with Crippen molar-refractivity contribution in [3.63, 3.8) is 0 Å². The Morgan fingerprint density at radius 3 is 2.73 bits per heavy atom. The van der Waals surface area contributed by atoms with Crippen molar-refractivity contribution in [1.29, 1.82) is 0 Å². The minimum absolute atomic E-state index is 0.0500. The molecule has 162 valence electrons. The molecule has 0 spiro atoms. The molecule has 0 radical (unpaired) electrons. The predicted octanol–water partition coefficient (Wildman–Crippen LogP) is 3.00. The lowest BCUT2D eigenvalue weighted by Crippen LogP contribution is -2.47. The second-order valence-corrected chi connectivity index (χ2v) is 8.61. The van der Waals surface area contributed by atoms with Crippen molar-refractivity contribution in [2.45, 2.75) is 49.8 Å². The van der Waals surface area contributed by atoms with Crippen molar-refractivity contribution >= 4 is 23.6 Å². The van der Waals surface area contributed by atoms with E-state index in [9.17, 15) is 9.59 Å². The molecule has 2 heterocycles. The van der Waals surface area contributed by atoms with E-state index in [-0.39, 0.29) is 17.9 Å². The summed E-state index contributed by atoms with van der Waals surface area (Å²) in [6.45, 7) is 6.71. The van der Waals surface area contributed by atoms with Crippen molar-refractivity contribution in [1.82, 2.24) is 20.7 Å². The largest absolute Gasteiger partial charge is 0.360 e. The van der Waals surface area contributed by atoms with Gasteiger partial charge in [-0.2, -0.15) is 0 Å². The monoisotopic (exact) mass is 430 g/mol. The number of carbonyl (C=O) groups is 2. The van der Waals surface area contributed by atoms with Gasteiger partial charge < -0.3 is 15.2 Å². The highest BCUT2D eigenvalue weighted by atomic mass is 32.2. The van der Waals surface area contributed by atoms with E-state index in [1.54, 1.807) is 11.8 Å². The first-order valence-corrected chi connectivity index (χ1v) is 11.5. The Kier molecular flexibility index (Phi) is 8.33. The van der Waals surface area contributed by atoms with Crippen LogP contribution in [0.3, 0.4) is 0 Å². The van der Waals surface area contributed by atoms with Gasteiger partial charge in [-0.3, -0.25) is 14.5 Å². The standard InChI is InChI=1S/C22H30N4O3S/c1-3-10-23-21(27)14-26-11-8-17(9-12-26)24-22(28)19-6-4-5-7-20(19)30-15-18-13-16(2)25-29-18/h4-7,13,17H,3,8-12,14-15H2,1-2H3,(H,23,27)(H,24,28). The molecule has 1 aliphatic rings. The lowest BCUT2D eigenvalue weighted by atomic mass is 10.0. The highest BCUT2D eigenvalue weighted by molar-refractivity contribution is 7.98. The van der Waals surface area contributed by atoms with E-state index >= 15 is 0 Å². The van der Waals surface area contributed by atoms with Gasteiger partial charge in [0.1, 0.15) is 5.76 Å². The highest BCUT2D eigenvalue weighted by Crippen LogP contribution is 2.27. The van der Waals surface area contributed by atoms with E-state index in [0.29, 0.717) is 17.9 Å². The van der Waals surface area contributed by atoms with Crippen LogP contribution in [0.1, 0.15) is 48.0 Å². The fourth-order valence-electron chi connectivity index (χ4n) is 3.44. The maximum absolute atomic E-state index is 12.9. The number of likely N-dealkylation sites (tertiary alicyclic amines) is 1. The molecule has 7 nitrogen and oxygen atoms in total. The number of rotatable bonds is 9. The normalized spacial score (nSPS) is 15.1. The Bertz CT molecular complexity index is 846. The average molecular weight is 431 g/mol. The molecule has 1 aliphatic heterocycles. The second-order valence-electron chi connectivity index (χ2n) is 7.59. The minimum atomic E-state index is -0.0500. The zero-order valence-electron chi connectivity index (χ0n) is 17.6. The van der Waals surface area contributed by atoms with Crippen LogP contribution in [0.2, 0.25) is 0 Å². The Hall–Kier alpha value is -2.32. The molecule has 1 fully saturated rings. The first-order chi connectivity index (χ1) is 14.5. The summed E-state index contributed by atoms with van der Waals surface area (Å²) in [5.41, 5.74) is 1.53. The molecule has 1 aromatic carbocycles. The van der Waals surface area contributed by atoms with E-state index < -0.39 is 0 Å². The number of piperidine rings is 1. The predicted molar refractivity (Wildman–Crippen MR) is 117 cm³/mol. The van der Waals surface area contributed by atoms with Crippen LogP contribution in [0.15, 0.2) is 39.8 Å². The molecule has 0 unspecified atom stereocenters. The fraction of sp³-hybridized carbons (Fsp3) is 0.500. The van der Waals surface area contributed by atoms with Crippen LogP contribution in [0, 0.1) is 6.92 Å². The zero-order chi connectivity index (χ0) is 21.3. The van der Waals surface area contributed by atoms with Crippen LogP contribution in [0.4, 0.5) is 0 Å². The number of benzene rings is 1. The smallest absolute Gasteiger partial charge is 0.252 e. The average Bonchev–Trinajstić information content (AvgIpc) is 3.17. The first kappa shape index (κ1) is 22.4. The van der Waals surface area contributed by atoms with Gasteiger partial charge in [-0.25, -0.2) is 0 Å². The number of aryl methyl sites for hydroxylation is 1. The van der Waals surface area contributed by atoms with Gasteiger partial charge in [-0.05, 0) is 38.3 Å². The molecule has 8 heteroatoms. The third-order valence-electron chi connectivity index (χ3n) is 5.04. The Labute approximate surface area is 181 Å². The van der Waals surface area contributed by atoms with E-state index in [1.165, 1.54) is 0 Å². The summed E-state index contributed by atoms with van der Waals surface area (Å²) in [4.78, 5) is 27.8. The molecule has 1 aromatic heterocycles. The minimum Gasteiger partial charge on any atom is -0.360 e. The van der Waals surface area contributed by atoms with Crippen LogP contribution in [0.5, 0.6) is 0 Å². The van der Waals surface area contributed by atoms with Gasteiger partial charge in [-0.15, -0.1) is 11.8 Å². The molecule has 0 bridgehead atoms. The number of thioether (sulfide) groups is 1. The molecule has 2 N–H and O–H groups in total. The third kappa shape index (κ3) is 6.60. The van der Waals surface area contributed by atoms with E-state index in [0.717, 1.165) is 55.2 Å². The Balaban J connectivity index is 1.49. The SMILES string of the molecule is CCCNC(=O)CN1CCC(NC(=O)c2ccccc2SCc2cc(C)no2)CC1. The maximum Gasteiger partial charge on any atom is 0.252 e. The molecule has 1 saturated heterocycles. The molecule has 30 heavy (non-hydrogen) atoms. The Morgan fingerprint density at radius 1 is 1.27 bits per heavy atom. The first-order valence-electron chi connectivity index (χ1n) is 10.5. The third-order valence-corrected chi connectivity index (χ3v) is 6.14. The summed E-state index contributed by atoms with van der Waals surface area (Å²) in [7, 11) is 0. The summed E-state index contributed by atoms with van der Waals surface area (Å²) in [6.07, 6.45) is 2.64. The molecular formula is C22H30N4O3S. The van der Waals surface area contributed by atoms with Gasteiger partial charge in [-0.1, -0.05) is 24.2 Å². The molecule has 0 aliphatic carbocycles. The number of aromatic nitrogens is 1.